The summed E-state index contributed by atoms with van der Waals surface area (Å²) in [4.78, 5) is 11.3. The molecule has 0 aliphatic heterocycles. The van der Waals surface area contributed by atoms with Crippen LogP contribution in [0.1, 0.15) is 29.0 Å². The summed E-state index contributed by atoms with van der Waals surface area (Å²) in [5.41, 5.74) is 0.360. The van der Waals surface area contributed by atoms with Gasteiger partial charge in [0, 0.05) is 19.2 Å². The van der Waals surface area contributed by atoms with Gasteiger partial charge in [0.2, 0.25) is 0 Å². The monoisotopic (exact) mass is 342 g/mol. The molecule has 2 aromatic rings. The first kappa shape index (κ1) is 17.1. The Morgan fingerprint density at radius 1 is 1.35 bits per heavy atom. The number of methoxy groups -OCH3 is 1. The summed E-state index contributed by atoms with van der Waals surface area (Å²) in [5, 5.41) is 2.90. The van der Waals surface area contributed by atoms with E-state index < -0.39 is 32.9 Å². The number of sulfonamides is 1. The van der Waals surface area contributed by atoms with Crippen molar-refractivity contribution in [3.05, 3.63) is 47.4 Å². The van der Waals surface area contributed by atoms with E-state index in [9.17, 15) is 17.6 Å². The molecular formula is C14H15FN2O5S. The molecule has 9 heteroatoms. The van der Waals surface area contributed by atoms with E-state index in [-0.39, 0.29) is 5.69 Å². The van der Waals surface area contributed by atoms with E-state index in [0.29, 0.717) is 5.56 Å². The number of aromatic nitrogens is 1. The van der Waals surface area contributed by atoms with Crippen molar-refractivity contribution in [1.29, 1.82) is 0 Å². The van der Waals surface area contributed by atoms with Gasteiger partial charge in [0.15, 0.2) is 5.69 Å². The summed E-state index contributed by atoms with van der Waals surface area (Å²) in [7, 11) is -1.52. The van der Waals surface area contributed by atoms with Crippen LogP contribution in [0.4, 0.5) is 4.39 Å². The quantitative estimate of drug-likeness (QED) is 0.772. The third-order valence-electron chi connectivity index (χ3n) is 3.41. The maximum absolute atomic E-state index is 13.0. The Balaban J connectivity index is 2.29. The second-order valence-electron chi connectivity index (χ2n) is 4.77. The SMILES string of the molecule is COC(=O)c1cc(S(=O)(=O)N(C)[C@H](C)c2ccc(F)cc2)on1. The molecular weight excluding hydrogens is 327 g/mol. The van der Waals surface area contributed by atoms with Gasteiger partial charge in [-0.1, -0.05) is 17.3 Å². The first-order valence-electron chi connectivity index (χ1n) is 6.56. The van der Waals surface area contributed by atoms with Crippen LogP contribution in [0.15, 0.2) is 39.9 Å². The molecule has 1 aromatic carbocycles. The number of halogens is 1. The molecule has 23 heavy (non-hydrogen) atoms. The Labute approximate surface area is 132 Å². The normalized spacial score (nSPS) is 13.1. The molecule has 0 fully saturated rings. The molecule has 0 radical (unpaired) electrons. The first-order chi connectivity index (χ1) is 10.8. The zero-order valence-corrected chi connectivity index (χ0v) is 13.5. The summed E-state index contributed by atoms with van der Waals surface area (Å²) in [5.74, 6) is -1.21. The molecule has 0 spiro atoms. The number of esters is 1. The number of carbonyl (C=O) groups excluding carboxylic acids is 1. The van der Waals surface area contributed by atoms with Crippen LogP contribution in [-0.2, 0) is 14.8 Å². The molecule has 1 heterocycles. The van der Waals surface area contributed by atoms with Crippen LogP contribution in [0.2, 0.25) is 0 Å². The van der Waals surface area contributed by atoms with E-state index >= 15 is 0 Å². The van der Waals surface area contributed by atoms with Crippen LogP contribution in [0.25, 0.3) is 0 Å². The first-order valence-corrected chi connectivity index (χ1v) is 8.00. The molecule has 0 saturated carbocycles. The molecule has 0 N–H and O–H groups in total. The van der Waals surface area contributed by atoms with E-state index in [1.807, 2.05) is 0 Å². The van der Waals surface area contributed by atoms with E-state index in [2.05, 4.69) is 9.89 Å². The van der Waals surface area contributed by atoms with Gasteiger partial charge in [0.05, 0.1) is 7.11 Å². The lowest BCUT2D eigenvalue weighted by atomic mass is 10.1. The molecule has 0 saturated heterocycles. The van der Waals surface area contributed by atoms with Crippen molar-refractivity contribution in [2.24, 2.45) is 0 Å². The molecule has 2 rings (SSSR count). The highest BCUT2D eigenvalue weighted by molar-refractivity contribution is 7.89. The van der Waals surface area contributed by atoms with E-state index in [1.165, 1.54) is 31.3 Å². The number of carbonyl (C=O) groups is 1. The third kappa shape index (κ3) is 3.40. The lowest BCUT2D eigenvalue weighted by Crippen LogP contribution is -2.29. The number of rotatable bonds is 5. The minimum absolute atomic E-state index is 0.242. The van der Waals surface area contributed by atoms with Crippen LogP contribution in [0.5, 0.6) is 0 Å². The van der Waals surface area contributed by atoms with Crippen LogP contribution in [-0.4, -0.2) is 38.0 Å². The lowest BCUT2D eigenvalue weighted by molar-refractivity contribution is 0.0588. The zero-order valence-electron chi connectivity index (χ0n) is 12.7. The molecule has 0 unspecified atom stereocenters. The van der Waals surface area contributed by atoms with Gasteiger partial charge in [0.25, 0.3) is 15.1 Å². The molecule has 0 aliphatic rings. The highest BCUT2D eigenvalue weighted by atomic mass is 32.2. The van der Waals surface area contributed by atoms with Gasteiger partial charge in [-0.3, -0.25) is 0 Å². The summed E-state index contributed by atoms with van der Waals surface area (Å²) in [6, 6.07) is 5.90. The van der Waals surface area contributed by atoms with E-state index in [4.69, 9.17) is 4.52 Å². The van der Waals surface area contributed by atoms with E-state index in [0.717, 1.165) is 17.5 Å². The largest absolute Gasteiger partial charge is 0.464 e. The second-order valence-corrected chi connectivity index (χ2v) is 6.70. The Bertz CT molecular complexity index is 801. The molecule has 0 aliphatic carbocycles. The fourth-order valence-corrected chi connectivity index (χ4v) is 3.10. The maximum atomic E-state index is 13.0. The average Bonchev–Trinajstić information content (AvgIpc) is 3.04. The minimum atomic E-state index is -4.01. The Kier molecular flexibility index (Phi) is 4.81. The van der Waals surface area contributed by atoms with Crippen LogP contribution < -0.4 is 0 Å². The summed E-state index contributed by atoms with van der Waals surface area (Å²) in [6.07, 6.45) is 0. The zero-order chi connectivity index (χ0) is 17.2. The van der Waals surface area contributed by atoms with Crippen LogP contribution in [0, 0.1) is 5.82 Å². The Hall–Kier alpha value is -2.26. The van der Waals surface area contributed by atoms with Gasteiger partial charge < -0.3 is 9.26 Å². The van der Waals surface area contributed by atoms with Crippen molar-refractivity contribution < 1.29 is 26.9 Å². The topological polar surface area (TPSA) is 89.7 Å². The Morgan fingerprint density at radius 3 is 2.52 bits per heavy atom. The predicted molar refractivity (Wildman–Crippen MR) is 77.6 cm³/mol. The highest BCUT2D eigenvalue weighted by Crippen LogP contribution is 2.26. The number of hydrogen-bond acceptors (Lipinski definition) is 6. The summed E-state index contributed by atoms with van der Waals surface area (Å²) < 4.78 is 48.2. The van der Waals surface area contributed by atoms with Crippen molar-refractivity contribution >= 4 is 16.0 Å². The fraction of sp³-hybridized carbons (Fsp3) is 0.286. The van der Waals surface area contributed by atoms with Gasteiger partial charge in [-0.25, -0.2) is 17.6 Å². The van der Waals surface area contributed by atoms with Crippen molar-refractivity contribution in [2.75, 3.05) is 14.2 Å². The number of ether oxygens (including phenoxy) is 1. The third-order valence-corrected chi connectivity index (χ3v) is 5.19. The highest BCUT2D eigenvalue weighted by Gasteiger charge is 2.31. The molecule has 1 aromatic heterocycles. The van der Waals surface area contributed by atoms with Crippen molar-refractivity contribution in [1.82, 2.24) is 9.46 Å². The van der Waals surface area contributed by atoms with Gasteiger partial charge >= 0.3 is 5.97 Å². The predicted octanol–water partition coefficient (Wildman–Crippen LogP) is 1.98. The smallest absolute Gasteiger partial charge is 0.360 e. The number of benzene rings is 1. The number of nitrogens with zero attached hydrogens (tertiary/aromatic N) is 2. The van der Waals surface area contributed by atoms with Gasteiger partial charge in [0.1, 0.15) is 5.82 Å². The molecule has 124 valence electrons. The van der Waals surface area contributed by atoms with E-state index in [1.54, 1.807) is 6.92 Å². The molecule has 7 nitrogen and oxygen atoms in total. The van der Waals surface area contributed by atoms with Gasteiger partial charge in [-0.15, -0.1) is 0 Å². The molecule has 0 amide bonds. The molecule has 1 atom stereocenters. The van der Waals surface area contributed by atoms with Gasteiger partial charge in [-0.05, 0) is 24.6 Å². The van der Waals surface area contributed by atoms with Crippen molar-refractivity contribution in [2.45, 2.75) is 18.1 Å². The fourth-order valence-electron chi connectivity index (χ4n) is 1.88. The van der Waals surface area contributed by atoms with Crippen molar-refractivity contribution in [3.63, 3.8) is 0 Å². The number of hydrogen-bond donors (Lipinski definition) is 0. The standard InChI is InChI=1S/C14H15FN2O5S/c1-9(10-4-6-11(15)7-5-10)17(2)23(19,20)13-8-12(16-22-13)14(18)21-3/h4-9H,1-3H3/t9-/m1/s1. The maximum Gasteiger partial charge on any atom is 0.360 e. The summed E-state index contributed by atoms with van der Waals surface area (Å²) >= 11 is 0. The molecule has 0 bridgehead atoms. The van der Waals surface area contributed by atoms with Crippen LogP contribution in [0.3, 0.4) is 0 Å². The van der Waals surface area contributed by atoms with Gasteiger partial charge in [-0.2, -0.15) is 4.31 Å². The second kappa shape index (κ2) is 6.47. The minimum Gasteiger partial charge on any atom is -0.464 e. The van der Waals surface area contributed by atoms with Crippen molar-refractivity contribution in [3.8, 4) is 0 Å². The average molecular weight is 342 g/mol. The summed E-state index contributed by atoms with van der Waals surface area (Å²) in [6.45, 7) is 1.64. The lowest BCUT2D eigenvalue weighted by Gasteiger charge is -2.23. The van der Waals surface area contributed by atoms with Crippen LogP contribution >= 0.6 is 0 Å². The Morgan fingerprint density at radius 2 is 1.96 bits per heavy atom.